The number of amides is 1. The van der Waals surface area contributed by atoms with Gasteiger partial charge in [-0.25, -0.2) is 9.59 Å². The fraction of sp³-hybridized carbons (Fsp3) is 0.111. The highest BCUT2D eigenvalue weighted by molar-refractivity contribution is 6.11. The van der Waals surface area contributed by atoms with E-state index in [1.807, 2.05) is 55.5 Å². The Morgan fingerprint density at radius 2 is 1.87 bits per heavy atom. The molecule has 0 atom stereocenters. The quantitative estimate of drug-likeness (QED) is 0.587. The molecule has 5 nitrogen and oxygen atoms in total. The minimum absolute atomic E-state index is 0.209. The number of nitrogens with two attached hydrogens (primary N) is 1. The lowest BCUT2D eigenvalue weighted by Gasteiger charge is -2.02. The number of primary amides is 1. The molecule has 1 amide bonds. The number of hydrogen-bond acceptors (Lipinski definition) is 4. The number of rotatable bonds is 3. The Morgan fingerprint density at radius 1 is 1.13 bits per heavy atom. The number of ether oxygens (including phenoxy) is 1. The summed E-state index contributed by atoms with van der Waals surface area (Å²) >= 11 is 0. The first kappa shape index (κ1) is 14.8. The minimum atomic E-state index is -1.14. The van der Waals surface area contributed by atoms with Gasteiger partial charge in [-0.2, -0.15) is 0 Å². The average Bonchev–Trinajstić information content (AvgIpc) is 2.93. The maximum Gasteiger partial charge on any atom is 0.412 e. The van der Waals surface area contributed by atoms with Gasteiger partial charge in [-0.15, -0.1) is 0 Å². The molecule has 0 fully saturated rings. The molecule has 0 aliphatic carbocycles. The molecule has 2 aromatic carbocycles. The molecule has 0 bridgehead atoms. The molecule has 3 aromatic rings. The summed E-state index contributed by atoms with van der Waals surface area (Å²) in [5, 5.41) is 0.606. The van der Waals surface area contributed by atoms with Crippen molar-refractivity contribution in [3.05, 3.63) is 59.7 Å². The highest BCUT2D eigenvalue weighted by Crippen LogP contribution is 2.34. The molecular weight excluding hydrogens is 294 g/mol. The van der Waals surface area contributed by atoms with Crippen LogP contribution >= 0.6 is 0 Å². The van der Waals surface area contributed by atoms with E-state index in [1.165, 1.54) is 0 Å². The second kappa shape index (κ2) is 5.96. The van der Waals surface area contributed by atoms with Crippen molar-refractivity contribution in [1.82, 2.24) is 0 Å². The fourth-order valence-electron chi connectivity index (χ4n) is 2.50. The van der Waals surface area contributed by atoms with E-state index in [4.69, 9.17) is 10.2 Å². The highest BCUT2D eigenvalue weighted by Gasteiger charge is 2.24. The summed E-state index contributed by atoms with van der Waals surface area (Å²) < 4.78 is 10.4. The van der Waals surface area contributed by atoms with E-state index < -0.39 is 12.1 Å². The molecule has 1 aromatic heterocycles. The van der Waals surface area contributed by atoms with Gasteiger partial charge in [0, 0.05) is 10.9 Å². The summed E-state index contributed by atoms with van der Waals surface area (Å²) in [5.41, 5.74) is 7.51. The van der Waals surface area contributed by atoms with Gasteiger partial charge in [-0.3, -0.25) is 0 Å². The molecule has 0 spiro atoms. The van der Waals surface area contributed by atoms with Crippen LogP contribution < -0.4 is 5.73 Å². The summed E-state index contributed by atoms with van der Waals surface area (Å²) in [7, 11) is 0. The maximum atomic E-state index is 12.3. The predicted octanol–water partition coefficient (Wildman–Crippen LogP) is 3.90. The van der Waals surface area contributed by atoms with E-state index in [0.717, 1.165) is 17.5 Å². The van der Waals surface area contributed by atoms with Crippen molar-refractivity contribution in [3.8, 4) is 11.3 Å². The van der Waals surface area contributed by atoms with E-state index in [-0.39, 0.29) is 5.56 Å². The van der Waals surface area contributed by atoms with Crippen molar-refractivity contribution < 1.29 is 18.7 Å². The summed E-state index contributed by atoms with van der Waals surface area (Å²) in [6.07, 6.45) is -0.332. The van der Waals surface area contributed by atoms with Crippen LogP contribution in [0.5, 0.6) is 0 Å². The SMILES string of the molecule is CCc1ccc2oc(-c3ccccc3)c(C(=O)OC(N)=O)c2c1. The van der Waals surface area contributed by atoms with Crippen LogP contribution in [0.4, 0.5) is 4.79 Å². The van der Waals surface area contributed by atoms with E-state index in [1.54, 1.807) is 0 Å². The van der Waals surface area contributed by atoms with Gasteiger partial charge >= 0.3 is 12.1 Å². The Bertz CT molecular complexity index is 881. The molecule has 1 heterocycles. The lowest BCUT2D eigenvalue weighted by molar-refractivity contribution is 0.0640. The Balaban J connectivity index is 2.26. The third-order valence-electron chi connectivity index (χ3n) is 3.59. The Hall–Kier alpha value is -3.08. The van der Waals surface area contributed by atoms with Crippen molar-refractivity contribution >= 4 is 23.0 Å². The van der Waals surface area contributed by atoms with E-state index in [2.05, 4.69) is 4.74 Å². The number of carbonyl (C=O) groups excluding carboxylic acids is 2. The number of carbonyl (C=O) groups is 2. The molecule has 116 valence electrons. The van der Waals surface area contributed by atoms with Crippen LogP contribution in [0.2, 0.25) is 0 Å². The number of aryl methyl sites for hydroxylation is 1. The van der Waals surface area contributed by atoms with Crippen molar-refractivity contribution in [2.24, 2.45) is 5.73 Å². The van der Waals surface area contributed by atoms with Crippen LogP contribution in [0.1, 0.15) is 22.8 Å². The Labute approximate surface area is 132 Å². The molecule has 3 rings (SSSR count). The fourth-order valence-corrected chi connectivity index (χ4v) is 2.50. The molecule has 5 heteroatoms. The molecule has 0 saturated carbocycles. The Morgan fingerprint density at radius 3 is 2.52 bits per heavy atom. The van der Waals surface area contributed by atoms with Crippen LogP contribution in [-0.2, 0) is 11.2 Å². The average molecular weight is 309 g/mol. The molecular formula is C18H15NO4. The minimum Gasteiger partial charge on any atom is -0.455 e. The molecule has 0 aliphatic rings. The van der Waals surface area contributed by atoms with Gasteiger partial charge in [0.25, 0.3) is 0 Å². The lowest BCUT2D eigenvalue weighted by atomic mass is 10.0. The molecule has 0 radical (unpaired) electrons. The van der Waals surface area contributed by atoms with Crippen LogP contribution in [0, 0.1) is 0 Å². The monoisotopic (exact) mass is 309 g/mol. The maximum absolute atomic E-state index is 12.3. The Kier molecular flexibility index (Phi) is 3.85. The van der Waals surface area contributed by atoms with Crippen molar-refractivity contribution in [2.75, 3.05) is 0 Å². The second-order valence-electron chi connectivity index (χ2n) is 5.06. The van der Waals surface area contributed by atoms with Crippen LogP contribution in [-0.4, -0.2) is 12.1 Å². The number of benzene rings is 2. The summed E-state index contributed by atoms with van der Waals surface area (Å²) in [5.74, 6) is -0.455. The lowest BCUT2D eigenvalue weighted by Crippen LogP contribution is -2.18. The van der Waals surface area contributed by atoms with Gasteiger partial charge < -0.3 is 14.9 Å². The van der Waals surface area contributed by atoms with Crippen molar-refractivity contribution in [3.63, 3.8) is 0 Å². The van der Waals surface area contributed by atoms with Gasteiger partial charge in [-0.1, -0.05) is 43.3 Å². The van der Waals surface area contributed by atoms with Crippen LogP contribution in [0.15, 0.2) is 52.9 Å². The summed E-state index contributed by atoms with van der Waals surface area (Å²) in [4.78, 5) is 23.3. The number of hydrogen-bond donors (Lipinski definition) is 1. The van der Waals surface area contributed by atoms with Crippen molar-refractivity contribution in [2.45, 2.75) is 13.3 Å². The van der Waals surface area contributed by atoms with Gasteiger partial charge in [0.1, 0.15) is 16.9 Å². The van der Waals surface area contributed by atoms with E-state index in [9.17, 15) is 9.59 Å². The zero-order chi connectivity index (χ0) is 16.4. The van der Waals surface area contributed by atoms with E-state index in [0.29, 0.717) is 16.7 Å². The first-order valence-corrected chi connectivity index (χ1v) is 7.22. The largest absolute Gasteiger partial charge is 0.455 e. The molecule has 23 heavy (non-hydrogen) atoms. The number of fused-ring (bicyclic) bond motifs is 1. The van der Waals surface area contributed by atoms with Gasteiger partial charge in [0.15, 0.2) is 0 Å². The number of furan rings is 1. The van der Waals surface area contributed by atoms with Crippen molar-refractivity contribution in [1.29, 1.82) is 0 Å². The molecule has 0 aliphatic heterocycles. The molecule has 0 unspecified atom stereocenters. The molecule has 0 saturated heterocycles. The smallest absolute Gasteiger partial charge is 0.412 e. The summed E-state index contributed by atoms with van der Waals surface area (Å²) in [6.45, 7) is 2.01. The normalized spacial score (nSPS) is 10.7. The summed E-state index contributed by atoms with van der Waals surface area (Å²) in [6, 6.07) is 14.8. The zero-order valence-corrected chi connectivity index (χ0v) is 12.5. The van der Waals surface area contributed by atoms with Gasteiger partial charge in [0.05, 0.1) is 0 Å². The molecule has 2 N–H and O–H groups in total. The first-order chi connectivity index (χ1) is 11.1. The van der Waals surface area contributed by atoms with Gasteiger partial charge in [-0.05, 0) is 24.1 Å². The van der Waals surface area contributed by atoms with Crippen LogP contribution in [0.3, 0.4) is 0 Å². The third kappa shape index (κ3) is 2.81. The zero-order valence-electron chi connectivity index (χ0n) is 12.5. The second-order valence-corrected chi connectivity index (χ2v) is 5.06. The first-order valence-electron chi connectivity index (χ1n) is 7.22. The predicted molar refractivity (Wildman–Crippen MR) is 86.0 cm³/mol. The standard InChI is InChI=1S/C18H15NO4/c1-2-11-8-9-14-13(10-11)15(17(20)23-18(19)21)16(22-14)12-6-4-3-5-7-12/h3-10H,2H2,1H3,(H2,19,21). The number of esters is 1. The van der Waals surface area contributed by atoms with E-state index >= 15 is 0 Å². The topological polar surface area (TPSA) is 82.5 Å². The highest BCUT2D eigenvalue weighted by atomic mass is 16.6. The van der Waals surface area contributed by atoms with Gasteiger partial charge in [0.2, 0.25) is 0 Å². The van der Waals surface area contributed by atoms with Crippen LogP contribution in [0.25, 0.3) is 22.3 Å². The third-order valence-corrected chi connectivity index (χ3v) is 3.59.